The van der Waals surface area contributed by atoms with Crippen LogP contribution in [0.4, 0.5) is 4.79 Å². The van der Waals surface area contributed by atoms with E-state index in [2.05, 4.69) is 10.1 Å². The van der Waals surface area contributed by atoms with Gasteiger partial charge in [-0.1, -0.05) is 13.8 Å². The number of hydrogen-bond donors (Lipinski definition) is 3. The van der Waals surface area contributed by atoms with Crippen molar-refractivity contribution in [2.75, 3.05) is 7.11 Å². The van der Waals surface area contributed by atoms with E-state index in [1.54, 1.807) is 0 Å². The number of nitrogens with one attached hydrogen (secondary N) is 1. The molecule has 0 aromatic rings. The van der Waals surface area contributed by atoms with Crippen LogP contribution in [0.2, 0.25) is 0 Å². The molecule has 0 heterocycles. The van der Waals surface area contributed by atoms with Gasteiger partial charge < -0.3 is 20.9 Å². The number of alkyl carbamates (subject to hydrolysis) is 1. The van der Waals surface area contributed by atoms with Gasteiger partial charge in [0.2, 0.25) is 0 Å². The predicted molar refractivity (Wildman–Crippen MR) is 49.0 cm³/mol. The third-order valence-electron chi connectivity index (χ3n) is 1.76. The van der Waals surface area contributed by atoms with Crippen LogP contribution in [0.1, 0.15) is 20.8 Å². The molecular weight excluding hydrogens is 172 g/mol. The van der Waals surface area contributed by atoms with Gasteiger partial charge >= 0.3 is 6.09 Å². The maximum absolute atomic E-state index is 10.9. The van der Waals surface area contributed by atoms with Gasteiger partial charge in [-0.3, -0.25) is 0 Å². The van der Waals surface area contributed by atoms with Crippen LogP contribution < -0.4 is 11.1 Å². The summed E-state index contributed by atoms with van der Waals surface area (Å²) in [4.78, 5) is 10.9. The number of carbonyl (C=O) groups is 1. The lowest BCUT2D eigenvalue weighted by Crippen LogP contribution is -2.59. The molecule has 0 spiro atoms. The molecule has 0 aliphatic heterocycles. The molecule has 0 bridgehead atoms. The highest BCUT2D eigenvalue weighted by Gasteiger charge is 2.31. The summed E-state index contributed by atoms with van der Waals surface area (Å²) in [5.41, 5.74) is 4.03. The molecule has 78 valence electrons. The lowest BCUT2D eigenvalue weighted by atomic mass is 9.95. The first-order valence-electron chi connectivity index (χ1n) is 4.14. The minimum absolute atomic E-state index is 0.0269. The van der Waals surface area contributed by atoms with E-state index >= 15 is 0 Å². The van der Waals surface area contributed by atoms with Crippen LogP contribution >= 0.6 is 0 Å². The van der Waals surface area contributed by atoms with Gasteiger partial charge in [0, 0.05) is 0 Å². The van der Waals surface area contributed by atoms with Gasteiger partial charge in [0.25, 0.3) is 0 Å². The molecule has 0 radical (unpaired) electrons. The quantitative estimate of drug-likeness (QED) is 0.548. The van der Waals surface area contributed by atoms with Crippen LogP contribution in [0.3, 0.4) is 0 Å². The fourth-order valence-electron chi connectivity index (χ4n) is 1.17. The Morgan fingerprint density at radius 2 is 2.08 bits per heavy atom. The zero-order chi connectivity index (χ0) is 10.6. The van der Waals surface area contributed by atoms with E-state index in [1.165, 1.54) is 14.0 Å². The molecule has 13 heavy (non-hydrogen) atoms. The second-order valence-electron chi connectivity index (χ2n) is 3.58. The zero-order valence-corrected chi connectivity index (χ0v) is 8.50. The second kappa shape index (κ2) is 4.43. The first-order chi connectivity index (χ1) is 5.79. The van der Waals surface area contributed by atoms with Crippen LogP contribution in [0.5, 0.6) is 0 Å². The zero-order valence-electron chi connectivity index (χ0n) is 8.50. The molecule has 1 amide bonds. The lowest BCUT2D eigenvalue weighted by Gasteiger charge is -2.32. The molecule has 0 saturated carbocycles. The first-order valence-corrected chi connectivity index (χ1v) is 4.14. The van der Waals surface area contributed by atoms with E-state index in [1.807, 2.05) is 13.8 Å². The monoisotopic (exact) mass is 190 g/mol. The third-order valence-corrected chi connectivity index (χ3v) is 1.76. The van der Waals surface area contributed by atoms with Crippen LogP contribution in [0.25, 0.3) is 0 Å². The van der Waals surface area contributed by atoms with Gasteiger partial charge in [-0.15, -0.1) is 0 Å². The Labute approximate surface area is 78.3 Å². The maximum Gasteiger partial charge on any atom is 0.407 e. The van der Waals surface area contributed by atoms with E-state index in [0.29, 0.717) is 0 Å². The molecule has 0 unspecified atom stereocenters. The predicted octanol–water partition coefficient (Wildman–Crippen LogP) is 0.0342. The van der Waals surface area contributed by atoms with Crippen LogP contribution in [-0.2, 0) is 4.74 Å². The molecule has 0 saturated heterocycles. The van der Waals surface area contributed by atoms with Crippen molar-refractivity contribution in [2.24, 2.45) is 11.7 Å². The number of nitrogens with two attached hydrogens (primary N) is 1. The fraction of sp³-hybridized carbons (Fsp3) is 0.875. The summed E-state index contributed by atoms with van der Waals surface area (Å²) in [6.45, 7) is 5.14. The number of ether oxygens (including phenoxy) is 1. The number of hydrogen-bond acceptors (Lipinski definition) is 4. The Bertz CT molecular complexity index is 175. The number of aliphatic hydroxyl groups is 1. The Hall–Kier alpha value is -0.810. The van der Waals surface area contributed by atoms with Crippen molar-refractivity contribution >= 4 is 6.09 Å². The molecule has 2 atom stereocenters. The topological polar surface area (TPSA) is 84.6 Å². The van der Waals surface area contributed by atoms with E-state index in [0.717, 1.165) is 0 Å². The average Bonchev–Trinajstić information content (AvgIpc) is 1.96. The van der Waals surface area contributed by atoms with Gasteiger partial charge in [-0.05, 0) is 12.8 Å². The minimum Gasteiger partial charge on any atom is -0.453 e. The van der Waals surface area contributed by atoms with Gasteiger partial charge in [0.05, 0.1) is 13.2 Å². The van der Waals surface area contributed by atoms with E-state index in [9.17, 15) is 9.90 Å². The second-order valence-corrected chi connectivity index (χ2v) is 3.58. The van der Waals surface area contributed by atoms with E-state index in [-0.39, 0.29) is 5.92 Å². The number of amides is 1. The summed E-state index contributed by atoms with van der Waals surface area (Å²) in [6.07, 6.45) is -0.593. The largest absolute Gasteiger partial charge is 0.453 e. The highest BCUT2D eigenvalue weighted by Crippen LogP contribution is 2.12. The molecule has 5 nitrogen and oxygen atoms in total. The van der Waals surface area contributed by atoms with Crippen LogP contribution in [0, 0.1) is 5.92 Å². The maximum atomic E-state index is 10.9. The average molecular weight is 190 g/mol. The summed E-state index contributed by atoms with van der Waals surface area (Å²) < 4.78 is 4.41. The summed E-state index contributed by atoms with van der Waals surface area (Å²) in [5, 5.41) is 12.0. The van der Waals surface area contributed by atoms with Crippen molar-refractivity contribution in [1.29, 1.82) is 0 Å². The molecule has 0 rings (SSSR count). The van der Waals surface area contributed by atoms with Crippen LogP contribution in [-0.4, -0.2) is 30.1 Å². The molecule has 0 fully saturated rings. The first kappa shape index (κ1) is 12.2. The number of carbonyl (C=O) groups excluding carboxylic acids is 1. The Morgan fingerprint density at radius 3 is 2.31 bits per heavy atom. The number of methoxy groups -OCH3 is 1. The Kier molecular flexibility index (Phi) is 4.16. The molecule has 0 aromatic heterocycles. The van der Waals surface area contributed by atoms with Crippen molar-refractivity contribution in [1.82, 2.24) is 5.32 Å². The summed E-state index contributed by atoms with van der Waals surface area (Å²) in [6, 6.07) is -0.528. The number of rotatable bonds is 3. The van der Waals surface area contributed by atoms with Crippen molar-refractivity contribution in [2.45, 2.75) is 32.5 Å². The molecule has 0 aliphatic carbocycles. The third kappa shape index (κ3) is 4.10. The van der Waals surface area contributed by atoms with E-state index < -0.39 is 17.9 Å². The molecule has 4 N–H and O–H groups in total. The minimum atomic E-state index is -1.44. The van der Waals surface area contributed by atoms with Crippen molar-refractivity contribution in [3.05, 3.63) is 0 Å². The fourth-order valence-corrected chi connectivity index (χ4v) is 1.17. The van der Waals surface area contributed by atoms with Crippen molar-refractivity contribution in [3.8, 4) is 0 Å². The normalized spacial score (nSPS) is 17.8. The van der Waals surface area contributed by atoms with Gasteiger partial charge in [0.15, 0.2) is 0 Å². The summed E-state index contributed by atoms with van der Waals surface area (Å²) in [7, 11) is 1.26. The summed E-state index contributed by atoms with van der Waals surface area (Å²) in [5.74, 6) is 0.0269. The Morgan fingerprint density at radius 1 is 1.62 bits per heavy atom. The smallest absolute Gasteiger partial charge is 0.407 e. The van der Waals surface area contributed by atoms with Crippen LogP contribution in [0.15, 0.2) is 0 Å². The van der Waals surface area contributed by atoms with E-state index in [4.69, 9.17) is 5.73 Å². The summed E-state index contributed by atoms with van der Waals surface area (Å²) >= 11 is 0. The van der Waals surface area contributed by atoms with Crippen molar-refractivity contribution < 1.29 is 14.6 Å². The Balaban J connectivity index is 4.36. The highest BCUT2D eigenvalue weighted by molar-refractivity contribution is 5.67. The standard InChI is InChI=1S/C8H18N2O3/c1-5(2)6(8(3,9)12)10-7(11)13-4/h5-6,12H,9H2,1-4H3,(H,10,11)/t6-,8-/m0/s1. The molecule has 0 aromatic carbocycles. The lowest BCUT2D eigenvalue weighted by molar-refractivity contribution is 0.00865. The van der Waals surface area contributed by atoms with Gasteiger partial charge in [-0.25, -0.2) is 4.79 Å². The molecule has 5 heteroatoms. The molecular formula is C8H18N2O3. The van der Waals surface area contributed by atoms with Gasteiger partial charge in [0.1, 0.15) is 5.72 Å². The van der Waals surface area contributed by atoms with Crippen molar-refractivity contribution in [3.63, 3.8) is 0 Å². The SMILES string of the molecule is COC(=O)N[C@@H](C(C)C)[C@@](C)(N)O. The van der Waals surface area contributed by atoms with Gasteiger partial charge in [-0.2, -0.15) is 0 Å². The molecule has 0 aliphatic rings. The highest BCUT2D eigenvalue weighted by atomic mass is 16.5.